The van der Waals surface area contributed by atoms with Gasteiger partial charge < -0.3 is 0 Å². The molecule has 0 N–H and O–H groups in total. The third-order valence-corrected chi connectivity index (χ3v) is 15.7. The van der Waals surface area contributed by atoms with Gasteiger partial charge in [0.2, 0.25) is 0 Å². The lowest BCUT2D eigenvalue weighted by Gasteiger charge is -2.65. The number of rotatable bonds is 6. The Morgan fingerprint density at radius 1 is 0.611 bits per heavy atom. The molecule has 1 aliphatic rings. The molecule has 0 nitrogen and oxygen atoms in total. The lowest BCUT2D eigenvalue weighted by Crippen LogP contribution is -2.32. The molecule has 36 heavy (non-hydrogen) atoms. The summed E-state index contributed by atoms with van der Waals surface area (Å²) in [6, 6.07) is 41.0. The Kier molecular flexibility index (Phi) is 6.70. The van der Waals surface area contributed by atoms with Crippen LogP contribution in [-0.4, -0.2) is 11.5 Å². The van der Waals surface area contributed by atoms with Crippen LogP contribution in [-0.2, 0) is 0 Å². The van der Waals surface area contributed by atoms with E-state index in [-0.39, 0.29) is 0 Å². The topological polar surface area (TPSA) is 0 Å². The summed E-state index contributed by atoms with van der Waals surface area (Å²) in [6.45, 7) is 6.94. The molecular formula is C35H40S. The second kappa shape index (κ2) is 9.79. The van der Waals surface area contributed by atoms with E-state index in [2.05, 4.69) is 148 Å². The highest BCUT2D eigenvalue weighted by atomic mass is 32.3. The first kappa shape index (κ1) is 24.7. The van der Waals surface area contributed by atoms with Gasteiger partial charge in [-0.15, -0.1) is 0 Å². The first-order chi connectivity index (χ1) is 17.4. The predicted octanol–water partition coefficient (Wildman–Crippen LogP) is 9.80. The van der Waals surface area contributed by atoms with Gasteiger partial charge in [0.1, 0.15) is 0 Å². The lowest BCUT2D eigenvalue weighted by molar-refractivity contribution is 0.644. The van der Waals surface area contributed by atoms with E-state index < -0.39 is 9.16 Å². The minimum Gasteiger partial charge on any atom is -0.217 e. The molecule has 4 aromatic rings. The second-order valence-corrected chi connectivity index (χ2v) is 16.5. The van der Waals surface area contributed by atoms with Crippen molar-refractivity contribution in [3.05, 3.63) is 138 Å². The molecule has 0 spiro atoms. The van der Waals surface area contributed by atoms with Crippen LogP contribution in [0.5, 0.6) is 0 Å². The predicted molar refractivity (Wildman–Crippen MR) is 159 cm³/mol. The third-order valence-electron chi connectivity index (χ3n) is 8.77. The monoisotopic (exact) mass is 492 g/mol. The van der Waals surface area contributed by atoms with Gasteiger partial charge in [0.25, 0.3) is 0 Å². The first-order valence-electron chi connectivity index (χ1n) is 13.4. The van der Waals surface area contributed by atoms with E-state index in [4.69, 9.17) is 0 Å². The van der Waals surface area contributed by atoms with Crippen LogP contribution in [0.4, 0.5) is 0 Å². The zero-order chi connectivity index (χ0) is 25.2. The van der Waals surface area contributed by atoms with Crippen molar-refractivity contribution in [1.82, 2.24) is 0 Å². The fraction of sp³-hybridized carbons (Fsp3) is 0.257. The summed E-state index contributed by atoms with van der Waals surface area (Å²) in [5, 5.41) is 0.451. The standard InChI is InChI=1S/C35H40S/c1-27(2)35-28(3)15-14-22-34(35)29-23-25-33(26-24-29)36(4,30-16-8-5-9-17-30,31-18-10-6-11-19-31)32-20-12-7-13-21-32/h5-23,25,27,29,33,36H,24,26H2,1-4H3. The van der Waals surface area contributed by atoms with Gasteiger partial charge in [-0.1, -0.05) is 135 Å². The fourth-order valence-electron chi connectivity index (χ4n) is 6.88. The zero-order valence-electron chi connectivity index (χ0n) is 22.1. The van der Waals surface area contributed by atoms with Crippen molar-refractivity contribution in [1.29, 1.82) is 0 Å². The summed E-state index contributed by atoms with van der Waals surface area (Å²) in [5.74, 6) is 1.02. The van der Waals surface area contributed by atoms with Gasteiger partial charge in [0.15, 0.2) is 0 Å². The molecule has 1 heteroatoms. The van der Waals surface area contributed by atoms with Crippen LogP contribution in [0.25, 0.3) is 0 Å². The molecule has 5 rings (SSSR count). The van der Waals surface area contributed by atoms with Gasteiger partial charge in [-0.25, -0.2) is 9.16 Å². The SMILES string of the molecule is Cc1cccc(C2C=CC([SH](C)(c3ccccc3)(c3ccccc3)c3ccccc3)CC2)c1C(C)C. The molecule has 1 aliphatic carbocycles. The summed E-state index contributed by atoms with van der Waals surface area (Å²) in [4.78, 5) is 4.44. The molecule has 0 fully saturated rings. The molecule has 0 aromatic heterocycles. The second-order valence-electron chi connectivity index (χ2n) is 11.0. The highest BCUT2D eigenvalue weighted by molar-refractivity contribution is 8.49. The lowest BCUT2D eigenvalue weighted by atomic mass is 9.82. The Bertz CT molecular complexity index is 1240. The maximum atomic E-state index is 2.62. The Morgan fingerprint density at radius 2 is 1.11 bits per heavy atom. The number of allylic oxidation sites excluding steroid dienone is 1. The zero-order valence-corrected chi connectivity index (χ0v) is 23.0. The molecule has 2 unspecified atom stereocenters. The molecular weight excluding hydrogens is 452 g/mol. The van der Waals surface area contributed by atoms with Crippen molar-refractivity contribution >= 4 is 9.16 Å². The van der Waals surface area contributed by atoms with Crippen molar-refractivity contribution < 1.29 is 0 Å². The molecule has 0 aliphatic heterocycles. The van der Waals surface area contributed by atoms with Crippen LogP contribution in [0.1, 0.15) is 55.2 Å². The van der Waals surface area contributed by atoms with Gasteiger partial charge in [-0.3, -0.25) is 0 Å². The quantitative estimate of drug-likeness (QED) is 0.201. The summed E-state index contributed by atoms with van der Waals surface area (Å²) < 4.78 is 0. The summed E-state index contributed by atoms with van der Waals surface area (Å²) >= 11 is 0. The van der Waals surface area contributed by atoms with Crippen LogP contribution in [0.15, 0.2) is 136 Å². The molecule has 4 aromatic carbocycles. The van der Waals surface area contributed by atoms with Crippen molar-refractivity contribution in [3.8, 4) is 0 Å². The summed E-state index contributed by atoms with van der Waals surface area (Å²) in [6.07, 6.45) is 10.1. The number of aryl methyl sites for hydroxylation is 1. The number of hydrogen-bond donors (Lipinski definition) is 1. The average molecular weight is 493 g/mol. The molecule has 0 saturated heterocycles. The van der Waals surface area contributed by atoms with E-state index in [1.54, 1.807) is 0 Å². The van der Waals surface area contributed by atoms with Crippen LogP contribution < -0.4 is 0 Å². The van der Waals surface area contributed by atoms with Crippen molar-refractivity contribution in [2.45, 2.75) is 65.4 Å². The molecule has 0 amide bonds. The Hall–Kier alpha value is -3.03. The average Bonchev–Trinajstić information content (AvgIpc) is 2.94. The van der Waals surface area contributed by atoms with Crippen LogP contribution >= 0.6 is 9.16 Å². The van der Waals surface area contributed by atoms with E-state index >= 15 is 0 Å². The van der Waals surface area contributed by atoms with Crippen LogP contribution in [0.2, 0.25) is 0 Å². The van der Waals surface area contributed by atoms with Gasteiger partial charge >= 0.3 is 0 Å². The first-order valence-corrected chi connectivity index (χ1v) is 16.2. The highest BCUT2D eigenvalue weighted by Crippen LogP contribution is 2.86. The van der Waals surface area contributed by atoms with Gasteiger partial charge in [-0.2, -0.15) is 0 Å². The molecule has 186 valence electrons. The summed E-state index contributed by atoms with van der Waals surface area (Å²) in [5.41, 5.74) is 4.48. The number of benzene rings is 4. The Balaban J connectivity index is 1.71. The van der Waals surface area contributed by atoms with Gasteiger partial charge in [0.05, 0.1) is 0 Å². The maximum absolute atomic E-state index is 2.81. The van der Waals surface area contributed by atoms with Crippen molar-refractivity contribution in [2.24, 2.45) is 0 Å². The van der Waals surface area contributed by atoms with E-state index in [1.807, 2.05) is 0 Å². The van der Waals surface area contributed by atoms with Crippen molar-refractivity contribution in [3.63, 3.8) is 0 Å². The molecule has 0 bridgehead atoms. The number of thiol groups is 1. The maximum Gasteiger partial charge on any atom is 0.00380 e. The molecule has 0 heterocycles. The van der Waals surface area contributed by atoms with Crippen LogP contribution in [0.3, 0.4) is 0 Å². The highest BCUT2D eigenvalue weighted by Gasteiger charge is 2.48. The van der Waals surface area contributed by atoms with E-state index in [9.17, 15) is 0 Å². The molecule has 2 atom stereocenters. The van der Waals surface area contributed by atoms with Gasteiger partial charge in [0, 0.05) is 11.2 Å². The summed E-state index contributed by atoms with van der Waals surface area (Å²) in [7, 11) is -2.81. The molecule has 0 radical (unpaired) electrons. The van der Waals surface area contributed by atoms with E-state index in [0.717, 1.165) is 0 Å². The van der Waals surface area contributed by atoms with Crippen molar-refractivity contribution in [2.75, 3.05) is 6.26 Å². The third kappa shape index (κ3) is 3.85. The normalized spacial score (nSPS) is 19.1. The van der Waals surface area contributed by atoms with Gasteiger partial charge in [-0.05, 0) is 63.3 Å². The fourth-order valence-corrected chi connectivity index (χ4v) is 13.1. The van der Waals surface area contributed by atoms with Crippen LogP contribution in [0, 0.1) is 6.92 Å². The minimum atomic E-state index is -2.81. The Labute approximate surface area is 218 Å². The smallest absolute Gasteiger partial charge is 0.00380 e. The molecule has 0 saturated carbocycles. The van der Waals surface area contributed by atoms with E-state index in [0.29, 0.717) is 17.1 Å². The largest absolute Gasteiger partial charge is 0.217 e. The van der Waals surface area contributed by atoms with E-state index in [1.165, 1.54) is 44.2 Å². The Morgan fingerprint density at radius 3 is 1.53 bits per heavy atom. The number of hydrogen-bond acceptors (Lipinski definition) is 0. The minimum absolute atomic E-state index is 0.451.